The largest absolute Gasteiger partial charge is 0.380 e. The summed E-state index contributed by atoms with van der Waals surface area (Å²) < 4.78 is 34.9. The first-order valence-corrected chi connectivity index (χ1v) is 5.82. The van der Waals surface area contributed by atoms with Crippen molar-refractivity contribution in [2.75, 3.05) is 26.0 Å². The van der Waals surface area contributed by atoms with Crippen LogP contribution in [0.2, 0.25) is 0 Å². The van der Waals surface area contributed by atoms with E-state index in [9.17, 15) is 8.42 Å². The first-order valence-electron chi connectivity index (χ1n) is 4.21. The minimum absolute atomic E-state index is 0.187. The van der Waals surface area contributed by atoms with E-state index in [4.69, 9.17) is 9.29 Å². The molecule has 1 fully saturated rings. The zero-order chi connectivity index (χ0) is 9.90. The molecule has 13 heavy (non-hydrogen) atoms. The van der Waals surface area contributed by atoms with Gasteiger partial charge in [-0.25, -0.2) is 0 Å². The predicted molar refractivity (Wildman–Crippen MR) is 48.2 cm³/mol. The predicted octanol–water partition coefficient (Wildman–Crippen LogP) is -0.501. The third-order valence-corrected chi connectivity index (χ3v) is 3.05. The molecule has 2 N–H and O–H groups in total. The number of methoxy groups -OCH3 is 1. The molecule has 1 rings (SSSR count). The van der Waals surface area contributed by atoms with Crippen molar-refractivity contribution >= 4 is 10.1 Å². The van der Waals surface area contributed by atoms with Crippen molar-refractivity contribution in [3.05, 3.63) is 0 Å². The number of hydrogen-bond donors (Lipinski definition) is 2. The van der Waals surface area contributed by atoms with Crippen molar-refractivity contribution in [1.29, 1.82) is 0 Å². The van der Waals surface area contributed by atoms with E-state index in [1.807, 2.05) is 0 Å². The molecule has 2 atom stereocenters. The Labute approximate surface area is 78.2 Å². The maximum absolute atomic E-state index is 10.6. The molecule has 6 heteroatoms. The van der Waals surface area contributed by atoms with Crippen molar-refractivity contribution in [2.45, 2.75) is 12.5 Å². The van der Waals surface area contributed by atoms with Crippen molar-refractivity contribution in [3.63, 3.8) is 0 Å². The molecule has 1 aliphatic rings. The van der Waals surface area contributed by atoms with E-state index in [0.717, 1.165) is 19.5 Å². The Bertz CT molecular complexity index is 245. The average molecular weight is 209 g/mol. The summed E-state index contributed by atoms with van der Waals surface area (Å²) in [6.07, 6.45) is 0.499. The van der Waals surface area contributed by atoms with E-state index >= 15 is 0 Å². The van der Waals surface area contributed by atoms with Crippen molar-refractivity contribution in [2.24, 2.45) is 5.92 Å². The SMILES string of the molecule is COC(CS(=O)(=O)O)C1CCNC1. The molecule has 5 nitrogen and oxygen atoms in total. The lowest BCUT2D eigenvalue weighted by atomic mass is 10.0. The summed E-state index contributed by atoms with van der Waals surface area (Å²) >= 11 is 0. The standard InChI is InChI=1S/C7H15NO4S/c1-12-7(5-13(9,10)11)6-2-3-8-4-6/h6-8H,2-5H2,1H3,(H,9,10,11). The van der Waals surface area contributed by atoms with Gasteiger partial charge in [0.05, 0.1) is 6.10 Å². The topological polar surface area (TPSA) is 75.6 Å². The van der Waals surface area contributed by atoms with E-state index in [1.54, 1.807) is 0 Å². The van der Waals surface area contributed by atoms with Gasteiger partial charge in [-0.05, 0) is 18.9 Å². The molecule has 0 amide bonds. The van der Waals surface area contributed by atoms with E-state index in [2.05, 4.69) is 5.32 Å². The lowest BCUT2D eigenvalue weighted by Gasteiger charge is -2.19. The van der Waals surface area contributed by atoms with Crippen LogP contribution >= 0.6 is 0 Å². The highest BCUT2D eigenvalue weighted by Crippen LogP contribution is 2.16. The maximum atomic E-state index is 10.6. The van der Waals surface area contributed by atoms with Gasteiger partial charge in [-0.1, -0.05) is 0 Å². The van der Waals surface area contributed by atoms with Gasteiger partial charge in [-0.15, -0.1) is 0 Å². The fourth-order valence-electron chi connectivity index (χ4n) is 1.60. The molecule has 0 aromatic rings. The van der Waals surface area contributed by atoms with Crippen LogP contribution in [0.5, 0.6) is 0 Å². The zero-order valence-electron chi connectivity index (χ0n) is 7.56. The van der Waals surface area contributed by atoms with E-state index < -0.39 is 16.2 Å². The minimum atomic E-state index is -3.93. The van der Waals surface area contributed by atoms with E-state index in [1.165, 1.54) is 7.11 Å². The molecule has 1 aliphatic heterocycles. The van der Waals surface area contributed by atoms with Crippen molar-refractivity contribution in [3.8, 4) is 0 Å². The van der Waals surface area contributed by atoms with Crippen LogP contribution in [0.25, 0.3) is 0 Å². The third-order valence-electron chi connectivity index (χ3n) is 2.30. The van der Waals surface area contributed by atoms with Crippen LogP contribution in [0, 0.1) is 5.92 Å². The van der Waals surface area contributed by atoms with Gasteiger partial charge in [-0.2, -0.15) is 8.42 Å². The summed E-state index contributed by atoms with van der Waals surface area (Å²) in [5.41, 5.74) is 0. The van der Waals surface area contributed by atoms with E-state index in [0.29, 0.717) is 0 Å². The maximum Gasteiger partial charge on any atom is 0.267 e. The van der Waals surface area contributed by atoms with Crippen LogP contribution in [-0.2, 0) is 14.9 Å². The fourth-order valence-corrected chi connectivity index (χ4v) is 2.42. The molecule has 0 saturated carbocycles. The summed E-state index contributed by atoms with van der Waals surface area (Å²) in [6, 6.07) is 0. The second kappa shape index (κ2) is 4.36. The Kier molecular flexibility index (Phi) is 3.66. The second-order valence-electron chi connectivity index (χ2n) is 3.28. The quantitative estimate of drug-likeness (QED) is 0.610. The van der Waals surface area contributed by atoms with Crippen molar-refractivity contribution in [1.82, 2.24) is 5.32 Å². The van der Waals surface area contributed by atoms with Gasteiger partial charge in [-0.3, -0.25) is 4.55 Å². The molecule has 78 valence electrons. The lowest BCUT2D eigenvalue weighted by molar-refractivity contribution is 0.0754. The van der Waals surface area contributed by atoms with Gasteiger partial charge in [0.25, 0.3) is 10.1 Å². The number of nitrogens with one attached hydrogen (secondary N) is 1. The van der Waals surface area contributed by atoms with Crippen molar-refractivity contribution < 1.29 is 17.7 Å². The molecular formula is C7H15NO4S. The molecule has 0 spiro atoms. The van der Waals surface area contributed by atoms with Crippen LogP contribution in [0.15, 0.2) is 0 Å². The molecular weight excluding hydrogens is 194 g/mol. The normalized spacial score (nSPS) is 26.2. The average Bonchev–Trinajstić information content (AvgIpc) is 2.50. The van der Waals surface area contributed by atoms with Gasteiger partial charge in [0.2, 0.25) is 0 Å². The Balaban J connectivity index is 2.51. The smallest absolute Gasteiger partial charge is 0.267 e. The minimum Gasteiger partial charge on any atom is -0.380 e. The van der Waals surface area contributed by atoms with Gasteiger partial charge in [0.15, 0.2) is 0 Å². The highest BCUT2D eigenvalue weighted by molar-refractivity contribution is 7.85. The van der Waals surface area contributed by atoms with Crippen LogP contribution in [0.1, 0.15) is 6.42 Å². The second-order valence-corrected chi connectivity index (χ2v) is 4.77. The van der Waals surface area contributed by atoms with Gasteiger partial charge in [0, 0.05) is 13.7 Å². The van der Waals surface area contributed by atoms with Gasteiger partial charge >= 0.3 is 0 Å². The molecule has 0 bridgehead atoms. The number of ether oxygens (including phenoxy) is 1. The van der Waals surface area contributed by atoms with Crippen LogP contribution in [0.3, 0.4) is 0 Å². The lowest BCUT2D eigenvalue weighted by Crippen LogP contribution is -2.31. The molecule has 1 saturated heterocycles. The molecule has 1 heterocycles. The van der Waals surface area contributed by atoms with Crippen LogP contribution in [0.4, 0.5) is 0 Å². The Morgan fingerprint density at radius 2 is 2.38 bits per heavy atom. The van der Waals surface area contributed by atoms with E-state index in [-0.39, 0.29) is 11.7 Å². The summed E-state index contributed by atoms with van der Waals surface area (Å²) in [5, 5.41) is 3.12. The van der Waals surface area contributed by atoms with Gasteiger partial charge in [0.1, 0.15) is 5.75 Å². The number of rotatable bonds is 4. The highest BCUT2D eigenvalue weighted by atomic mass is 32.2. The zero-order valence-corrected chi connectivity index (χ0v) is 8.38. The fraction of sp³-hybridized carbons (Fsp3) is 1.00. The molecule has 0 aromatic carbocycles. The molecule has 0 aliphatic carbocycles. The molecule has 0 aromatic heterocycles. The molecule has 2 unspecified atom stereocenters. The number of hydrogen-bond acceptors (Lipinski definition) is 4. The summed E-state index contributed by atoms with van der Waals surface area (Å²) in [6.45, 7) is 1.64. The van der Waals surface area contributed by atoms with Crippen LogP contribution in [-0.4, -0.2) is 45.0 Å². The first-order chi connectivity index (χ1) is 6.03. The van der Waals surface area contributed by atoms with Crippen LogP contribution < -0.4 is 5.32 Å². The Morgan fingerprint density at radius 1 is 1.69 bits per heavy atom. The summed E-state index contributed by atoms with van der Waals surface area (Å²) in [4.78, 5) is 0. The Hall–Kier alpha value is -0.170. The monoisotopic (exact) mass is 209 g/mol. The first kappa shape index (κ1) is 10.9. The summed E-state index contributed by atoms with van der Waals surface area (Å²) in [5.74, 6) is -0.123. The summed E-state index contributed by atoms with van der Waals surface area (Å²) in [7, 11) is -2.46. The van der Waals surface area contributed by atoms with Gasteiger partial charge < -0.3 is 10.1 Å². The third kappa shape index (κ3) is 3.60. The highest BCUT2D eigenvalue weighted by Gasteiger charge is 2.28. The molecule has 0 radical (unpaired) electrons. The Morgan fingerprint density at radius 3 is 2.77 bits per heavy atom.